The van der Waals surface area contributed by atoms with Crippen LogP contribution in [0.3, 0.4) is 0 Å². The van der Waals surface area contributed by atoms with Crippen LogP contribution >= 0.6 is 11.3 Å². The number of nitrogens with zero attached hydrogens (tertiary/aromatic N) is 2. The minimum atomic E-state index is -0.417. The molecule has 6 rings (SSSR count). The van der Waals surface area contributed by atoms with E-state index in [4.69, 9.17) is 23.7 Å². The highest BCUT2D eigenvalue weighted by Gasteiger charge is 2.28. The van der Waals surface area contributed by atoms with Crippen LogP contribution in [0.5, 0.6) is 23.0 Å². The van der Waals surface area contributed by atoms with Gasteiger partial charge in [0.05, 0.1) is 36.8 Å². The molecule has 2 aromatic carbocycles. The van der Waals surface area contributed by atoms with Crippen molar-refractivity contribution in [3.05, 3.63) is 58.7 Å². The fourth-order valence-electron chi connectivity index (χ4n) is 4.49. The van der Waals surface area contributed by atoms with Crippen LogP contribution in [-0.2, 0) is 17.7 Å². The van der Waals surface area contributed by atoms with Crippen LogP contribution in [-0.4, -0.2) is 38.1 Å². The molecule has 0 atom stereocenters. The molecule has 0 spiro atoms. The van der Waals surface area contributed by atoms with E-state index >= 15 is 0 Å². The molecule has 0 amide bonds. The van der Waals surface area contributed by atoms with E-state index in [-0.39, 0.29) is 30.4 Å². The van der Waals surface area contributed by atoms with Gasteiger partial charge in [-0.2, -0.15) is 4.57 Å². The number of carbonyl (C=O) groups is 1. The first-order valence-electron chi connectivity index (χ1n) is 11.4. The molecule has 0 bridgehead atoms. The molecule has 0 fully saturated rings. The van der Waals surface area contributed by atoms with Crippen LogP contribution in [0.4, 0.5) is 0 Å². The van der Waals surface area contributed by atoms with Crippen LogP contribution in [0, 0.1) is 0 Å². The number of rotatable bonds is 7. The SMILES string of the molecule is COc1ccc2cc3[n+](cc2c1OCCCOC(=O)c1cscn1)CCc1cc2c(cc1-3)OCO2.[Br-]. The molecule has 0 N–H and O–H groups in total. The number of thiazole rings is 1. The number of methoxy groups -OCH3 is 1. The number of halogens is 1. The van der Waals surface area contributed by atoms with Crippen molar-refractivity contribution in [3.63, 3.8) is 0 Å². The van der Waals surface area contributed by atoms with Crippen LogP contribution in [0.25, 0.3) is 22.0 Å². The number of hydrogen-bond donors (Lipinski definition) is 0. The smallest absolute Gasteiger partial charge is 0.357 e. The molecule has 0 saturated heterocycles. The average molecular weight is 571 g/mol. The van der Waals surface area contributed by atoms with E-state index in [1.54, 1.807) is 18.0 Å². The fraction of sp³-hybridized carbons (Fsp3) is 0.269. The number of pyridine rings is 1. The van der Waals surface area contributed by atoms with Gasteiger partial charge < -0.3 is 40.7 Å². The van der Waals surface area contributed by atoms with E-state index in [9.17, 15) is 4.79 Å². The zero-order valence-corrected chi connectivity index (χ0v) is 21.9. The summed E-state index contributed by atoms with van der Waals surface area (Å²) in [6.07, 6.45) is 3.58. The largest absolute Gasteiger partial charge is 1.00 e. The molecular formula is C26H23BrN2O6S. The molecule has 0 saturated carbocycles. The van der Waals surface area contributed by atoms with Crippen molar-refractivity contribution in [3.8, 4) is 34.3 Å². The van der Waals surface area contributed by atoms with E-state index in [0.29, 0.717) is 30.2 Å². The number of aryl methyl sites for hydroxylation is 2. The third-order valence-electron chi connectivity index (χ3n) is 6.21. The van der Waals surface area contributed by atoms with Crippen molar-refractivity contribution in [1.29, 1.82) is 0 Å². The number of fused-ring (bicyclic) bond motifs is 5. The lowest BCUT2D eigenvalue weighted by Gasteiger charge is -2.18. The third-order valence-corrected chi connectivity index (χ3v) is 6.79. The quantitative estimate of drug-likeness (QED) is 0.187. The van der Waals surface area contributed by atoms with E-state index in [1.165, 1.54) is 16.9 Å². The van der Waals surface area contributed by atoms with Crippen molar-refractivity contribution < 1.29 is 50.0 Å². The predicted octanol–water partition coefficient (Wildman–Crippen LogP) is 1.17. The Kier molecular flexibility index (Phi) is 6.97. The summed E-state index contributed by atoms with van der Waals surface area (Å²) in [6.45, 7) is 1.75. The maximum atomic E-state index is 11.9. The van der Waals surface area contributed by atoms with E-state index < -0.39 is 5.97 Å². The van der Waals surface area contributed by atoms with Crippen molar-refractivity contribution in [1.82, 2.24) is 4.98 Å². The van der Waals surface area contributed by atoms with Gasteiger partial charge in [-0.1, -0.05) is 0 Å². The molecule has 4 heterocycles. The summed E-state index contributed by atoms with van der Waals surface area (Å²) in [5.74, 6) is 2.53. The van der Waals surface area contributed by atoms with E-state index in [0.717, 1.165) is 46.5 Å². The Bertz CT molecular complexity index is 1430. The van der Waals surface area contributed by atoms with Gasteiger partial charge in [-0.15, -0.1) is 11.3 Å². The molecule has 2 aliphatic rings. The second-order valence-corrected chi connectivity index (χ2v) is 8.99. The summed E-state index contributed by atoms with van der Waals surface area (Å²) in [6, 6.07) is 10.3. The van der Waals surface area contributed by atoms with Gasteiger partial charge in [-0.3, -0.25) is 0 Å². The second kappa shape index (κ2) is 10.3. The molecule has 0 unspecified atom stereocenters. The van der Waals surface area contributed by atoms with Crippen molar-refractivity contribution in [2.75, 3.05) is 27.1 Å². The molecule has 2 aromatic heterocycles. The van der Waals surface area contributed by atoms with Crippen LogP contribution < -0.4 is 40.5 Å². The number of benzene rings is 2. The predicted molar refractivity (Wildman–Crippen MR) is 128 cm³/mol. The molecule has 8 nitrogen and oxygen atoms in total. The number of esters is 1. The molecule has 0 radical (unpaired) electrons. The van der Waals surface area contributed by atoms with Crippen LogP contribution in [0.2, 0.25) is 0 Å². The van der Waals surface area contributed by atoms with E-state index in [1.807, 2.05) is 12.1 Å². The minimum Gasteiger partial charge on any atom is -1.00 e. The summed E-state index contributed by atoms with van der Waals surface area (Å²) in [5.41, 5.74) is 5.48. The van der Waals surface area contributed by atoms with Gasteiger partial charge in [0.15, 0.2) is 41.4 Å². The third kappa shape index (κ3) is 4.46. The van der Waals surface area contributed by atoms with Crippen molar-refractivity contribution >= 4 is 28.1 Å². The Morgan fingerprint density at radius 1 is 1.17 bits per heavy atom. The first-order valence-corrected chi connectivity index (χ1v) is 12.3. The first-order chi connectivity index (χ1) is 17.2. The molecule has 36 heavy (non-hydrogen) atoms. The lowest BCUT2D eigenvalue weighted by molar-refractivity contribution is -0.686. The standard InChI is InChI=1S/C26H23N2O6S.BrH/c1-30-22-4-3-16-9-21-18-11-24-23(33-15-34-24)10-17(18)5-6-28(21)12-19(16)25(22)31-7-2-8-32-26(29)20-13-35-14-27-20;/h3-4,9-14H,2,5-8,15H2,1H3;1H/q+1;/p-1. The summed E-state index contributed by atoms with van der Waals surface area (Å²) >= 11 is 1.36. The lowest BCUT2D eigenvalue weighted by Crippen LogP contribution is -3.00. The zero-order valence-electron chi connectivity index (χ0n) is 19.5. The number of ether oxygens (including phenoxy) is 5. The molecule has 4 aromatic rings. The zero-order chi connectivity index (χ0) is 23.8. The number of carbonyl (C=O) groups excluding carboxylic acids is 1. The molecular weight excluding hydrogens is 548 g/mol. The van der Waals surface area contributed by atoms with Crippen molar-refractivity contribution in [2.45, 2.75) is 19.4 Å². The highest BCUT2D eigenvalue weighted by molar-refractivity contribution is 7.07. The van der Waals surface area contributed by atoms with Gasteiger partial charge >= 0.3 is 5.97 Å². The first kappa shape index (κ1) is 24.3. The van der Waals surface area contributed by atoms with Gasteiger partial charge in [0.25, 0.3) is 0 Å². The summed E-state index contributed by atoms with van der Waals surface area (Å²) < 4.78 is 30.4. The highest BCUT2D eigenvalue weighted by Crippen LogP contribution is 2.41. The lowest BCUT2D eigenvalue weighted by atomic mass is 9.95. The van der Waals surface area contributed by atoms with Gasteiger partial charge in [-0.05, 0) is 35.2 Å². The average Bonchev–Trinajstić information content (AvgIpc) is 3.58. The summed E-state index contributed by atoms with van der Waals surface area (Å²) in [5, 5.41) is 3.69. The topological polar surface area (TPSA) is 80.0 Å². The maximum Gasteiger partial charge on any atom is 0.357 e. The van der Waals surface area contributed by atoms with E-state index in [2.05, 4.69) is 33.9 Å². The fourth-order valence-corrected chi connectivity index (χ4v) is 5.01. The number of aromatic nitrogens is 2. The highest BCUT2D eigenvalue weighted by atomic mass is 79.9. The Morgan fingerprint density at radius 3 is 2.83 bits per heavy atom. The normalized spacial score (nSPS) is 12.9. The van der Waals surface area contributed by atoms with Crippen LogP contribution in [0.1, 0.15) is 22.5 Å². The van der Waals surface area contributed by atoms with Gasteiger partial charge in [0.2, 0.25) is 12.5 Å². The molecule has 186 valence electrons. The summed E-state index contributed by atoms with van der Waals surface area (Å²) in [7, 11) is 1.63. The Morgan fingerprint density at radius 2 is 2.03 bits per heavy atom. The van der Waals surface area contributed by atoms with Gasteiger partial charge in [-0.25, -0.2) is 9.78 Å². The van der Waals surface area contributed by atoms with Crippen molar-refractivity contribution in [2.24, 2.45) is 0 Å². The minimum absolute atomic E-state index is 0. The Hall–Kier alpha value is -3.37. The maximum absolute atomic E-state index is 11.9. The molecule has 0 aliphatic carbocycles. The van der Waals surface area contributed by atoms with Gasteiger partial charge in [0, 0.05) is 24.3 Å². The molecule has 10 heteroatoms. The monoisotopic (exact) mass is 570 g/mol. The van der Waals surface area contributed by atoms with Gasteiger partial charge in [0.1, 0.15) is 0 Å². The Labute approximate surface area is 222 Å². The second-order valence-electron chi connectivity index (χ2n) is 8.28. The molecule has 2 aliphatic heterocycles. The Balaban J connectivity index is 0.00000267. The number of hydrogen-bond acceptors (Lipinski definition) is 8. The summed E-state index contributed by atoms with van der Waals surface area (Å²) in [4.78, 5) is 15.9. The van der Waals surface area contributed by atoms with Crippen LogP contribution in [0.15, 0.2) is 47.4 Å².